The summed E-state index contributed by atoms with van der Waals surface area (Å²) in [6.07, 6.45) is 1.66. The highest BCUT2D eigenvalue weighted by Crippen LogP contribution is 2.23. The molecule has 0 saturated carbocycles. The van der Waals surface area contributed by atoms with Crippen molar-refractivity contribution in [1.29, 1.82) is 0 Å². The topological polar surface area (TPSA) is 59.7 Å². The van der Waals surface area contributed by atoms with Crippen molar-refractivity contribution < 1.29 is 19.1 Å². The maximum atomic E-state index is 10.8. The van der Waals surface area contributed by atoms with E-state index in [1.807, 2.05) is 13.0 Å². The molecule has 2 rings (SSSR count). The first kappa shape index (κ1) is 13.5. The highest BCUT2D eigenvalue weighted by Gasteiger charge is 2.04. The Balaban J connectivity index is 1.81. The van der Waals surface area contributed by atoms with Crippen molar-refractivity contribution in [3.05, 3.63) is 47.9 Å². The lowest BCUT2D eigenvalue weighted by molar-refractivity contribution is 0.0696. The average molecular weight is 278 g/mol. The van der Waals surface area contributed by atoms with Crippen molar-refractivity contribution in [2.45, 2.75) is 11.8 Å². The molecule has 1 aromatic heterocycles. The molecule has 0 saturated heterocycles. The van der Waals surface area contributed by atoms with Gasteiger partial charge in [0.15, 0.2) is 0 Å². The number of furan rings is 1. The van der Waals surface area contributed by atoms with E-state index in [-0.39, 0.29) is 5.56 Å². The van der Waals surface area contributed by atoms with Crippen LogP contribution in [0.25, 0.3) is 0 Å². The third-order valence-electron chi connectivity index (χ3n) is 2.50. The number of thioether (sulfide) groups is 1. The number of carbonyl (C=O) groups is 1. The van der Waals surface area contributed by atoms with Gasteiger partial charge in [0.1, 0.15) is 11.5 Å². The van der Waals surface area contributed by atoms with Crippen molar-refractivity contribution in [2.24, 2.45) is 0 Å². The lowest BCUT2D eigenvalue weighted by Crippen LogP contribution is -2.02. The van der Waals surface area contributed by atoms with Crippen LogP contribution in [0.15, 0.2) is 45.9 Å². The number of ether oxygens (including phenoxy) is 1. The molecule has 1 N–H and O–H groups in total. The van der Waals surface area contributed by atoms with Crippen LogP contribution in [0.2, 0.25) is 0 Å². The Kier molecular flexibility index (Phi) is 4.52. The second-order valence-corrected chi connectivity index (χ2v) is 5.01. The molecule has 2 aromatic rings. The first-order valence-corrected chi connectivity index (χ1v) is 6.78. The highest BCUT2D eigenvalue weighted by molar-refractivity contribution is 7.99. The van der Waals surface area contributed by atoms with E-state index in [0.717, 1.165) is 16.4 Å². The molecular formula is C14H14O4S. The molecule has 19 heavy (non-hydrogen) atoms. The first-order valence-electron chi connectivity index (χ1n) is 5.80. The van der Waals surface area contributed by atoms with E-state index in [1.54, 1.807) is 36.2 Å². The van der Waals surface area contributed by atoms with Gasteiger partial charge in [0.05, 0.1) is 18.4 Å². The van der Waals surface area contributed by atoms with Crippen LogP contribution >= 0.6 is 11.8 Å². The molecule has 1 heterocycles. The van der Waals surface area contributed by atoms with Crippen molar-refractivity contribution in [2.75, 3.05) is 12.4 Å². The van der Waals surface area contributed by atoms with Crippen molar-refractivity contribution >= 4 is 17.7 Å². The number of carboxylic acid groups (broad SMARTS) is 1. The average Bonchev–Trinajstić information content (AvgIpc) is 2.81. The van der Waals surface area contributed by atoms with Gasteiger partial charge in [0.2, 0.25) is 0 Å². The molecule has 0 bridgehead atoms. The molecule has 0 unspecified atom stereocenters. The molecular weight excluding hydrogens is 264 g/mol. The standard InChI is InChI=1S/C14H14O4S/c1-10-13(5-6-17-10)19-8-7-18-12-4-2-3-11(9-12)14(15)16/h2-6,9H,7-8H2,1H3,(H,15,16). The molecule has 0 radical (unpaired) electrons. The lowest BCUT2D eigenvalue weighted by Gasteiger charge is -2.06. The van der Waals surface area contributed by atoms with Gasteiger partial charge >= 0.3 is 5.97 Å². The molecule has 100 valence electrons. The molecule has 5 heteroatoms. The van der Waals surface area contributed by atoms with Gasteiger partial charge < -0.3 is 14.3 Å². The fourth-order valence-electron chi connectivity index (χ4n) is 1.55. The molecule has 1 aromatic carbocycles. The zero-order chi connectivity index (χ0) is 13.7. The molecule has 4 nitrogen and oxygen atoms in total. The summed E-state index contributed by atoms with van der Waals surface area (Å²) in [4.78, 5) is 11.9. The molecule has 0 aliphatic heterocycles. The highest BCUT2D eigenvalue weighted by atomic mass is 32.2. The van der Waals surface area contributed by atoms with Crippen LogP contribution in [0.5, 0.6) is 5.75 Å². The van der Waals surface area contributed by atoms with Gasteiger partial charge in [-0.1, -0.05) is 6.07 Å². The summed E-state index contributed by atoms with van der Waals surface area (Å²) in [6.45, 7) is 2.43. The zero-order valence-corrected chi connectivity index (χ0v) is 11.3. The van der Waals surface area contributed by atoms with E-state index < -0.39 is 5.97 Å². The second-order valence-electron chi connectivity index (χ2n) is 3.87. The summed E-state index contributed by atoms with van der Waals surface area (Å²) in [6, 6.07) is 8.41. The normalized spacial score (nSPS) is 10.4. The summed E-state index contributed by atoms with van der Waals surface area (Å²) >= 11 is 1.65. The molecule has 0 atom stereocenters. The van der Waals surface area contributed by atoms with Crippen LogP contribution in [0.1, 0.15) is 16.1 Å². The SMILES string of the molecule is Cc1occc1SCCOc1cccc(C(=O)O)c1. The number of hydrogen-bond acceptors (Lipinski definition) is 4. The van der Waals surface area contributed by atoms with Crippen LogP contribution in [0, 0.1) is 6.92 Å². The molecule has 0 aliphatic rings. The minimum absolute atomic E-state index is 0.232. The number of hydrogen-bond donors (Lipinski definition) is 1. The van der Waals surface area contributed by atoms with Crippen LogP contribution in [-0.2, 0) is 0 Å². The Hall–Kier alpha value is -1.88. The maximum absolute atomic E-state index is 10.8. The van der Waals surface area contributed by atoms with Gasteiger partial charge in [-0.25, -0.2) is 4.79 Å². The van der Waals surface area contributed by atoms with E-state index >= 15 is 0 Å². The van der Waals surface area contributed by atoms with Gasteiger partial charge in [-0.05, 0) is 31.2 Å². The third-order valence-corrected chi connectivity index (χ3v) is 3.61. The van der Waals surface area contributed by atoms with Crippen LogP contribution in [-0.4, -0.2) is 23.4 Å². The minimum Gasteiger partial charge on any atom is -0.493 e. The Morgan fingerprint density at radius 1 is 1.42 bits per heavy atom. The van der Waals surface area contributed by atoms with E-state index in [4.69, 9.17) is 14.3 Å². The summed E-state index contributed by atoms with van der Waals surface area (Å²) in [7, 11) is 0. The molecule has 0 spiro atoms. The van der Waals surface area contributed by atoms with Gasteiger partial charge in [-0.3, -0.25) is 0 Å². The zero-order valence-electron chi connectivity index (χ0n) is 10.5. The minimum atomic E-state index is -0.950. The Bertz CT molecular complexity index is 562. The van der Waals surface area contributed by atoms with E-state index in [2.05, 4.69) is 0 Å². The smallest absolute Gasteiger partial charge is 0.335 e. The van der Waals surface area contributed by atoms with E-state index in [9.17, 15) is 4.79 Å². The summed E-state index contributed by atoms with van der Waals surface area (Å²) in [5.74, 6) is 1.30. The van der Waals surface area contributed by atoms with Gasteiger partial charge in [-0.2, -0.15) is 0 Å². The Morgan fingerprint density at radius 2 is 2.26 bits per heavy atom. The van der Waals surface area contributed by atoms with Crippen molar-refractivity contribution in [3.63, 3.8) is 0 Å². The second kappa shape index (κ2) is 6.33. The maximum Gasteiger partial charge on any atom is 0.335 e. The number of aryl methyl sites for hydroxylation is 1. The fraction of sp³-hybridized carbons (Fsp3) is 0.214. The van der Waals surface area contributed by atoms with Crippen LogP contribution < -0.4 is 4.74 Å². The predicted molar refractivity (Wildman–Crippen MR) is 73.1 cm³/mol. The number of carboxylic acids is 1. The molecule has 0 amide bonds. The summed E-state index contributed by atoms with van der Waals surface area (Å²) in [5, 5.41) is 8.87. The van der Waals surface area contributed by atoms with Gasteiger partial charge in [0.25, 0.3) is 0 Å². The number of aromatic carboxylic acids is 1. The third kappa shape index (κ3) is 3.79. The van der Waals surface area contributed by atoms with E-state index in [1.165, 1.54) is 6.07 Å². The van der Waals surface area contributed by atoms with Crippen LogP contribution in [0.3, 0.4) is 0 Å². The largest absolute Gasteiger partial charge is 0.493 e. The summed E-state index contributed by atoms with van der Waals surface area (Å²) < 4.78 is 10.7. The molecule has 0 aliphatic carbocycles. The fourth-order valence-corrected chi connectivity index (χ4v) is 2.34. The van der Waals surface area contributed by atoms with Gasteiger partial charge in [-0.15, -0.1) is 11.8 Å². The van der Waals surface area contributed by atoms with Crippen molar-refractivity contribution in [3.8, 4) is 5.75 Å². The van der Waals surface area contributed by atoms with Crippen LogP contribution in [0.4, 0.5) is 0 Å². The molecule has 0 fully saturated rings. The van der Waals surface area contributed by atoms with Crippen molar-refractivity contribution in [1.82, 2.24) is 0 Å². The number of rotatable bonds is 6. The van der Waals surface area contributed by atoms with E-state index in [0.29, 0.717) is 12.4 Å². The lowest BCUT2D eigenvalue weighted by atomic mass is 10.2. The first-order chi connectivity index (χ1) is 9.16. The number of benzene rings is 1. The predicted octanol–water partition coefficient (Wildman–Crippen LogP) is 3.46. The monoisotopic (exact) mass is 278 g/mol. The Labute approximate surface area is 115 Å². The quantitative estimate of drug-likeness (QED) is 0.647. The van der Waals surface area contributed by atoms with Gasteiger partial charge in [0, 0.05) is 10.6 Å². The summed E-state index contributed by atoms with van der Waals surface area (Å²) in [5.41, 5.74) is 0.232. The Morgan fingerprint density at radius 3 is 2.95 bits per heavy atom.